The highest BCUT2D eigenvalue weighted by Crippen LogP contribution is 2.28. The summed E-state index contributed by atoms with van der Waals surface area (Å²) in [5, 5.41) is 21.8. The number of hydrogen-bond acceptors (Lipinski definition) is 5. The van der Waals surface area contributed by atoms with Crippen LogP contribution in [0.15, 0.2) is 18.2 Å². The number of nitrogens with one attached hydrogen (secondary N) is 1. The highest BCUT2D eigenvalue weighted by molar-refractivity contribution is 5.86. The van der Waals surface area contributed by atoms with Crippen LogP contribution in [0, 0.1) is 0 Å². The lowest BCUT2D eigenvalue weighted by Gasteiger charge is -2.28. The SMILES string of the molecule is COCCNC(C)(C(N)=O)c1cc(O)cc(O)c1. The van der Waals surface area contributed by atoms with Crippen molar-refractivity contribution >= 4 is 5.91 Å². The van der Waals surface area contributed by atoms with Crippen LogP contribution in [-0.2, 0) is 15.1 Å². The van der Waals surface area contributed by atoms with Crippen molar-refractivity contribution in [2.24, 2.45) is 5.73 Å². The largest absolute Gasteiger partial charge is 0.508 e. The number of benzene rings is 1. The van der Waals surface area contributed by atoms with Crippen LogP contribution in [0.5, 0.6) is 11.5 Å². The van der Waals surface area contributed by atoms with E-state index in [-0.39, 0.29) is 11.5 Å². The Kier molecular flexibility index (Phi) is 4.52. The average Bonchev–Trinajstić information content (AvgIpc) is 2.27. The lowest BCUT2D eigenvalue weighted by Crippen LogP contribution is -2.51. The minimum atomic E-state index is -1.19. The molecule has 1 rings (SSSR count). The summed E-state index contributed by atoms with van der Waals surface area (Å²) >= 11 is 0. The number of carbonyl (C=O) groups is 1. The molecule has 5 N–H and O–H groups in total. The Morgan fingerprint density at radius 1 is 1.39 bits per heavy atom. The molecule has 6 heteroatoms. The molecule has 18 heavy (non-hydrogen) atoms. The number of aromatic hydroxyl groups is 2. The number of phenols is 2. The Bertz CT molecular complexity index is 416. The maximum Gasteiger partial charge on any atom is 0.242 e. The second-order valence-electron chi connectivity index (χ2n) is 4.15. The average molecular weight is 254 g/mol. The van der Waals surface area contributed by atoms with Gasteiger partial charge in [0.15, 0.2) is 0 Å². The van der Waals surface area contributed by atoms with Crippen LogP contribution in [0.4, 0.5) is 0 Å². The molecule has 100 valence electrons. The molecule has 1 amide bonds. The van der Waals surface area contributed by atoms with Gasteiger partial charge in [0.2, 0.25) is 5.91 Å². The zero-order chi connectivity index (χ0) is 13.8. The Hall–Kier alpha value is -1.79. The monoisotopic (exact) mass is 254 g/mol. The molecule has 0 aromatic heterocycles. The van der Waals surface area contributed by atoms with Gasteiger partial charge in [-0.15, -0.1) is 0 Å². The van der Waals surface area contributed by atoms with Gasteiger partial charge < -0.3 is 20.7 Å². The summed E-state index contributed by atoms with van der Waals surface area (Å²) in [6, 6.07) is 3.94. The highest BCUT2D eigenvalue weighted by atomic mass is 16.5. The van der Waals surface area contributed by atoms with Gasteiger partial charge in [0, 0.05) is 19.7 Å². The first-order valence-electron chi connectivity index (χ1n) is 5.47. The number of nitrogens with two attached hydrogens (primary N) is 1. The van der Waals surface area contributed by atoms with Crippen molar-refractivity contribution in [3.05, 3.63) is 23.8 Å². The van der Waals surface area contributed by atoms with Crippen molar-refractivity contribution in [2.45, 2.75) is 12.5 Å². The smallest absolute Gasteiger partial charge is 0.242 e. The van der Waals surface area contributed by atoms with E-state index >= 15 is 0 Å². The number of primary amides is 1. The first kappa shape index (κ1) is 14.3. The number of hydrogen-bond donors (Lipinski definition) is 4. The molecule has 0 spiro atoms. The summed E-state index contributed by atoms with van der Waals surface area (Å²) in [7, 11) is 1.55. The minimum Gasteiger partial charge on any atom is -0.508 e. The van der Waals surface area contributed by atoms with Crippen LogP contribution >= 0.6 is 0 Å². The second-order valence-corrected chi connectivity index (χ2v) is 4.15. The van der Waals surface area contributed by atoms with Gasteiger partial charge in [-0.2, -0.15) is 0 Å². The quantitative estimate of drug-likeness (QED) is 0.536. The molecule has 1 unspecified atom stereocenters. The lowest BCUT2D eigenvalue weighted by molar-refractivity contribution is -0.124. The van der Waals surface area contributed by atoms with E-state index in [9.17, 15) is 15.0 Å². The van der Waals surface area contributed by atoms with Crippen LogP contribution in [-0.4, -0.2) is 36.4 Å². The third kappa shape index (κ3) is 3.12. The molecule has 0 aliphatic rings. The van der Waals surface area contributed by atoms with Crippen LogP contribution in [0.3, 0.4) is 0 Å². The summed E-state index contributed by atoms with van der Waals surface area (Å²) in [6.45, 7) is 2.40. The predicted octanol–water partition coefficient (Wildman–Crippen LogP) is 0.0343. The van der Waals surface area contributed by atoms with Gasteiger partial charge in [-0.05, 0) is 24.6 Å². The molecule has 6 nitrogen and oxygen atoms in total. The Morgan fingerprint density at radius 3 is 2.39 bits per heavy atom. The Balaban J connectivity index is 3.06. The van der Waals surface area contributed by atoms with Crippen molar-refractivity contribution in [3.63, 3.8) is 0 Å². The highest BCUT2D eigenvalue weighted by Gasteiger charge is 2.33. The third-order valence-electron chi connectivity index (χ3n) is 2.76. The summed E-state index contributed by atoms with van der Waals surface area (Å²) in [5.74, 6) is -0.874. The Morgan fingerprint density at radius 2 is 1.94 bits per heavy atom. The van der Waals surface area contributed by atoms with Crippen LogP contribution in [0.25, 0.3) is 0 Å². The molecule has 0 saturated carbocycles. The fourth-order valence-corrected chi connectivity index (χ4v) is 1.62. The fourth-order valence-electron chi connectivity index (χ4n) is 1.62. The molecule has 0 saturated heterocycles. The maximum atomic E-state index is 11.6. The van der Waals surface area contributed by atoms with Gasteiger partial charge in [0.05, 0.1) is 6.61 Å². The van der Waals surface area contributed by atoms with Crippen LogP contribution < -0.4 is 11.1 Å². The van der Waals surface area contributed by atoms with Crippen molar-refractivity contribution in [1.29, 1.82) is 0 Å². The van der Waals surface area contributed by atoms with Gasteiger partial charge in [-0.25, -0.2) is 0 Å². The lowest BCUT2D eigenvalue weighted by atomic mass is 9.90. The molecule has 0 radical (unpaired) electrons. The summed E-state index contributed by atoms with van der Waals surface area (Å²) in [6.07, 6.45) is 0. The standard InChI is InChI=1S/C12H18N2O4/c1-12(11(13)17,14-3-4-18-2)8-5-9(15)7-10(16)6-8/h5-7,14-16H,3-4H2,1-2H3,(H2,13,17). The molecule has 0 bridgehead atoms. The van der Waals surface area contributed by atoms with E-state index in [0.29, 0.717) is 18.7 Å². The Labute approximate surface area is 105 Å². The number of amides is 1. The molecule has 0 heterocycles. The van der Waals surface area contributed by atoms with E-state index in [1.165, 1.54) is 18.2 Å². The zero-order valence-corrected chi connectivity index (χ0v) is 10.4. The first-order valence-corrected chi connectivity index (χ1v) is 5.47. The third-order valence-corrected chi connectivity index (χ3v) is 2.76. The topological polar surface area (TPSA) is 105 Å². The summed E-state index contributed by atoms with van der Waals surface area (Å²) < 4.78 is 4.89. The van der Waals surface area contributed by atoms with E-state index < -0.39 is 11.4 Å². The summed E-state index contributed by atoms with van der Waals surface area (Å²) in [5.41, 5.74) is 4.59. The van der Waals surface area contributed by atoms with E-state index in [4.69, 9.17) is 10.5 Å². The van der Waals surface area contributed by atoms with Crippen molar-refractivity contribution < 1.29 is 19.7 Å². The van der Waals surface area contributed by atoms with Crippen molar-refractivity contribution in [2.75, 3.05) is 20.3 Å². The van der Waals surface area contributed by atoms with Gasteiger partial charge in [-0.1, -0.05) is 0 Å². The van der Waals surface area contributed by atoms with E-state index in [1.807, 2.05) is 0 Å². The molecule has 1 aromatic carbocycles. The zero-order valence-electron chi connectivity index (χ0n) is 10.4. The van der Waals surface area contributed by atoms with E-state index in [0.717, 1.165) is 0 Å². The van der Waals surface area contributed by atoms with Crippen molar-refractivity contribution in [3.8, 4) is 11.5 Å². The molecular formula is C12H18N2O4. The van der Waals surface area contributed by atoms with Gasteiger partial charge in [0.25, 0.3) is 0 Å². The van der Waals surface area contributed by atoms with Gasteiger partial charge >= 0.3 is 0 Å². The summed E-state index contributed by atoms with van der Waals surface area (Å²) in [4.78, 5) is 11.6. The maximum absolute atomic E-state index is 11.6. The van der Waals surface area contributed by atoms with E-state index in [1.54, 1.807) is 14.0 Å². The number of rotatable bonds is 6. The number of phenolic OH excluding ortho intramolecular Hbond substituents is 2. The predicted molar refractivity (Wildman–Crippen MR) is 66.2 cm³/mol. The normalized spacial score (nSPS) is 14.1. The van der Waals surface area contributed by atoms with Gasteiger partial charge in [-0.3, -0.25) is 10.1 Å². The molecule has 0 aliphatic heterocycles. The first-order chi connectivity index (χ1) is 8.40. The molecule has 1 aromatic rings. The number of methoxy groups -OCH3 is 1. The van der Waals surface area contributed by atoms with Gasteiger partial charge in [0.1, 0.15) is 17.0 Å². The van der Waals surface area contributed by atoms with Crippen LogP contribution in [0.2, 0.25) is 0 Å². The number of ether oxygens (including phenoxy) is 1. The fraction of sp³-hybridized carbons (Fsp3) is 0.417. The molecule has 0 aliphatic carbocycles. The minimum absolute atomic E-state index is 0.133. The second kappa shape index (κ2) is 5.70. The molecular weight excluding hydrogens is 236 g/mol. The van der Waals surface area contributed by atoms with E-state index in [2.05, 4.69) is 5.32 Å². The van der Waals surface area contributed by atoms with Crippen molar-refractivity contribution in [1.82, 2.24) is 5.32 Å². The molecule has 1 atom stereocenters. The number of carbonyl (C=O) groups excluding carboxylic acids is 1. The van der Waals surface area contributed by atoms with Crippen LogP contribution in [0.1, 0.15) is 12.5 Å². The molecule has 0 fully saturated rings.